The van der Waals surface area contributed by atoms with E-state index in [0.29, 0.717) is 6.42 Å². The van der Waals surface area contributed by atoms with Crippen molar-refractivity contribution in [3.05, 3.63) is 23.8 Å². The van der Waals surface area contributed by atoms with Gasteiger partial charge >= 0.3 is 0 Å². The highest BCUT2D eigenvalue weighted by Crippen LogP contribution is 2.09. The third-order valence-electron chi connectivity index (χ3n) is 2.29. The van der Waals surface area contributed by atoms with Gasteiger partial charge in [0.25, 0.3) is 0 Å². The van der Waals surface area contributed by atoms with Crippen molar-refractivity contribution in [2.45, 2.75) is 12.8 Å². The van der Waals surface area contributed by atoms with E-state index in [1.165, 1.54) is 0 Å². The van der Waals surface area contributed by atoms with Crippen LogP contribution in [0.4, 0.5) is 0 Å². The van der Waals surface area contributed by atoms with Gasteiger partial charge in [-0.15, -0.1) is 0 Å². The van der Waals surface area contributed by atoms with E-state index < -0.39 is 0 Å². The van der Waals surface area contributed by atoms with Crippen LogP contribution in [0.25, 0.3) is 0 Å². The maximum atomic E-state index is 11.4. The van der Waals surface area contributed by atoms with E-state index in [1.807, 2.05) is 7.05 Å². The molecule has 1 aromatic rings. The van der Waals surface area contributed by atoms with E-state index in [0.717, 1.165) is 24.4 Å². The molecular formula is C9H11N3O. The lowest BCUT2D eigenvalue weighted by molar-refractivity contribution is -0.128. The molecule has 0 bridgehead atoms. The monoisotopic (exact) mass is 177 g/mol. The van der Waals surface area contributed by atoms with Crippen molar-refractivity contribution < 1.29 is 4.79 Å². The van der Waals surface area contributed by atoms with Crippen LogP contribution in [0.3, 0.4) is 0 Å². The molecule has 0 atom stereocenters. The summed E-state index contributed by atoms with van der Waals surface area (Å²) in [5, 5.41) is 0. The van der Waals surface area contributed by atoms with Gasteiger partial charge < -0.3 is 4.90 Å². The predicted molar refractivity (Wildman–Crippen MR) is 47.1 cm³/mol. The summed E-state index contributed by atoms with van der Waals surface area (Å²) in [5.41, 5.74) is 1.79. The lowest BCUT2D eigenvalue weighted by atomic mass is 10.2. The molecule has 0 N–H and O–H groups in total. The van der Waals surface area contributed by atoms with Gasteiger partial charge in [-0.2, -0.15) is 0 Å². The fraction of sp³-hybridized carbons (Fsp3) is 0.444. The number of aromatic nitrogens is 2. The molecule has 0 saturated heterocycles. The molecule has 0 saturated carbocycles. The van der Waals surface area contributed by atoms with Crippen LogP contribution >= 0.6 is 0 Å². The summed E-state index contributed by atoms with van der Waals surface area (Å²) in [7, 11) is 1.81. The molecule has 0 unspecified atom stereocenters. The average molecular weight is 177 g/mol. The second-order valence-electron chi connectivity index (χ2n) is 3.19. The Bertz CT molecular complexity index is 337. The third kappa shape index (κ3) is 1.52. The minimum absolute atomic E-state index is 0.124. The second-order valence-corrected chi connectivity index (χ2v) is 3.19. The Kier molecular flexibility index (Phi) is 1.96. The molecule has 1 aromatic heterocycles. The van der Waals surface area contributed by atoms with Gasteiger partial charge in [-0.25, -0.2) is 0 Å². The molecule has 13 heavy (non-hydrogen) atoms. The Morgan fingerprint density at radius 1 is 1.31 bits per heavy atom. The van der Waals surface area contributed by atoms with E-state index in [9.17, 15) is 4.79 Å². The molecule has 0 aromatic carbocycles. The molecule has 1 amide bonds. The highest BCUT2D eigenvalue weighted by molar-refractivity contribution is 5.78. The van der Waals surface area contributed by atoms with Gasteiger partial charge in [0.1, 0.15) is 0 Å². The largest absolute Gasteiger partial charge is 0.345 e. The first-order chi connectivity index (χ1) is 6.27. The quantitative estimate of drug-likeness (QED) is 0.562. The molecule has 0 radical (unpaired) electrons. The van der Waals surface area contributed by atoms with Gasteiger partial charge in [-0.05, 0) is 0 Å². The van der Waals surface area contributed by atoms with Gasteiger partial charge in [-0.1, -0.05) is 0 Å². The SMILES string of the molecule is CN1CCc2nccnc2CC1=O. The van der Waals surface area contributed by atoms with Crippen LogP contribution in [-0.4, -0.2) is 34.4 Å². The normalized spacial score (nSPS) is 16.7. The fourth-order valence-corrected chi connectivity index (χ4v) is 1.43. The summed E-state index contributed by atoms with van der Waals surface area (Å²) in [4.78, 5) is 21.5. The van der Waals surface area contributed by atoms with E-state index >= 15 is 0 Å². The summed E-state index contributed by atoms with van der Waals surface area (Å²) >= 11 is 0. The van der Waals surface area contributed by atoms with Crippen molar-refractivity contribution in [1.82, 2.24) is 14.9 Å². The second kappa shape index (κ2) is 3.12. The van der Waals surface area contributed by atoms with Crippen LogP contribution in [0, 0.1) is 0 Å². The zero-order chi connectivity index (χ0) is 9.26. The molecule has 0 fully saturated rings. The molecule has 2 rings (SSSR count). The lowest BCUT2D eigenvalue weighted by Gasteiger charge is -2.11. The van der Waals surface area contributed by atoms with Gasteiger partial charge in [-0.3, -0.25) is 14.8 Å². The number of fused-ring (bicyclic) bond motifs is 1. The highest BCUT2D eigenvalue weighted by atomic mass is 16.2. The predicted octanol–water partition coefficient (Wildman–Crippen LogP) is 0.0336. The number of hydrogen-bond donors (Lipinski definition) is 0. The van der Waals surface area contributed by atoms with Crippen molar-refractivity contribution in [1.29, 1.82) is 0 Å². The van der Waals surface area contributed by atoms with Crippen LogP contribution in [0.1, 0.15) is 11.4 Å². The number of carbonyl (C=O) groups excluding carboxylic acids is 1. The number of carbonyl (C=O) groups is 1. The highest BCUT2D eigenvalue weighted by Gasteiger charge is 2.18. The van der Waals surface area contributed by atoms with E-state index in [2.05, 4.69) is 9.97 Å². The maximum absolute atomic E-state index is 11.4. The van der Waals surface area contributed by atoms with Crippen LogP contribution in [0.5, 0.6) is 0 Å². The van der Waals surface area contributed by atoms with Gasteiger partial charge in [0.05, 0.1) is 17.8 Å². The molecule has 4 nitrogen and oxygen atoms in total. The Hall–Kier alpha value is -1.45. The van der Waals surface area contributed by atoms with Gasteiger partial charge in [0.15, 0.2) is 0 Å². The van der Waals surface area contributed by atoms with Crippen molar-refractivity contribution >= 4 is 5.91 Å². The van der Waals surface area contributed by atoms with Gasteiger partial charge in [0.2, 0.25) is 5.91 Å². The van der Waals surface area contributed by atoms with Crippen LogP contribution in [0.15, 0.2) is 12.4 Å². The number of likely N-dealkylation sites (N-methyl/N-ethyl adjacent to an activating group) is 1. The molecular weight excluding hydrogens is 166 g/mol. The van der Waals surface area contributed by atoms with Crippen molar-refractivity contribution in [3.8, 4) is 0 Å². The van der Waals surface area contributed by atoms with Crippen molar-refractivity contribution in [2.24, 2.45) is 0 Å². The van der Waals surface area contributed by atoms with E-state index in [-0.39, 0.29) is 5.91 Å². The fourth-order valence-electron chi connectivity index (χ4n) is 1.43. The van der Waals surface area contributed by atoms with Crippen LogP contribution in [-0.2, 0) is 17.6 Å². The maximum Gasteiger partial charge on any atom is 0.228 e. The number of rotatable bonds is 0. The number of hydrogen-bond acceptors (Lipinski definition) is 3. The zero-order valence-corrected chi connectivity index (χ0v) is 7.53. The molecule has 68 valence electrons. The van der Waals surface area contributed by atoms with E-state index in [1.54, 1.807) is 17.3 Å². The molecule has 4 heteroatoms. The zero-order valence-electron chi connectivity index (χ0n) is 7.53. The van der Waals surface area contributed by atoms with Crippen molar-refractivity contribution in [3.63, 3.8) is 0 Å². The minimum Gasteiger partial charge on any atom is -0.345 e. The van der Waals surface area contributed by atoms with Crippen LogP contribution < -0.4 is 0 Å². The molecule has 0 aliphatic carbocycles. The van der Waals surface area contributed by atoms with Crippen molar-refractivity contribution in [2.75, 3.05) is 13.6 Å². The summed E-state index contributed by atoms with van der Waals surface area (Å²) < 4.78 is 0. The lowest BCUT2D eigenvalue weighted by Crippen LogP contribution is -2.27. The molecule has 0 spiro atoms. The first kappa shape index (κ1) is 8.16. The Balaban J connectivity index is 2.35. The molecule has 2 heterocycles. The summed E-state index contributed by atoms with van der Waals surface area (Å²) in [6.45, 7) is 0.741. The number of nitrogens with zero attached hydrogens (tertiary/aromatic N) is 3. The summed E-state index contributed by atoms with van der Waals surface area (Å²) in [6.07, 6.45) is 4.51. The first-order valence-corrected chi connectivity index (χ1v) is 4.30. The topological polar surface area (TPSA) is 46.1 Å². The standard InChI is InChI=1S/C9H11N3O/c1-12-5-2-7-8(6-9(12)13)11-4-3-10-7/h3-4H,2,5-6H2,1H3. The molecule has 1 aliphatic rings. The Morgan fingerprint density at radius 2 is 2.00 bits per heavy atom. The number of amides is 1. The third-order valence-corrected chi connectivity index (χ3v) is 2.29. The summed E-state index contributed by atoms with van der Waals surface area (Å²) in [5.74, 6) is 0.124. The summed E-state index contributed by atoms with van der Waals surface area (Å²) in [6, 6.07) is 0. The first-order valence-electron chi connectivity index (χ1n) is 4.30. The smallest absolute Gasteiger partial charge is 0.228 e. The average Bonchev–Trinajstić information content (AvgIpc) is 2.28. The van der Waals surface area contributed by atoms with Gasteiger partial charge in [0, 0.05) is 32.4 Å². The Morgan fingerprint density at radius 3 is 2.77 bits per heavy atom. The van der Waals surface area contributed by atoms with E-state index in [4.69, 9.17) is 0 Å². The minimum atomic E-state index is 0.124. The van der Waals surface area contributed by atoms with Crippen LogP contribution in [0.2, 0.25) is 0 Å². The molecule has 1 aliphatic heterocycles. The Labute approximate surface area is 76.6 Å².